The van der Waals surface area contributed by atoms with Gasteiger partial charge in [0.05, 0.1) is 6.10 Å². The van der Waals surface area contributed by atoms with Gasteiger partial charge in [0.2, 0.25) is 0 Å². The lowest BCUT2D eigenvalue weighted by molar-refractivity contribution is 0.0996. The summed E-state index contributed by atoms with van der Waals surface area (Å²) < 4.78 is 19.9. The van der Waals surface area contributed by atoms with Gasteiger partial charge in [-0.25, -0.2) is 4.39 Å². The molecular weight excluding hydrogens is 253 g/mol. The van der Waals surface area contributed by atoms with E-state index in [9.17, 15) is 4.39 Å². The number of halogens is 1. The van der Waals surface area contributed by atoms with Crippen LogP contribution >= 0.6 is 0 Å². The minimum Gasteiger partial charge on any atom is -0.490 e. The summed E-state index contributed by atoms with van der Waals surface area (Å²) in [6.07, 6.45) is 3.62. The molecule has 0 heterocycles. The first-order valence-corrected chi connectivity index (χ1v) is 7.59. The zero-order valence-electron chi connectivity index (χ0n) is 12.9. The van der Waals surface area contributed by atoms with Gasteiger partial charge in [-0.05, 0) is 62.6 Å². The second-order valence-electron chi connectivity index (χ2n) is 6.59. The third-order valence-corrected chi connectivity index (χ3v) is 4.21. The molecule has 1 saturated carbocycles. The first kappa shape index (κ1) is 15.3. The van der Waals surface area contributed by atoms with Crippen LogP contribution in [0.3, 0.4) is 0 Å². The van der Waals surface area contributed by atoms with Crippen LogP contribution in [0.4, 0.5) is 4.39 Å². The second kappa shape index (κ2) is 6.13. The number of benzene rings is 1. The van der Waals surface area contributed by atoms with Gasteiger partial charge in [0.1, 0.15) is 11.6 Å². The number of hydrogen-bond acceptors (Lipinski definition) is 2. The molecule has 0 aromatic heterocycles. The summed E-state index contributed by atoms with van der Waals surface area (Å²) >= 11 is 0. The maximum Gasteiger partial charge on any atom is 0.126 e. The molecule has 0 amide bonds. The van der Waals surface area contributed by atoms with Gasteiger partial charge in [-0.1, -0.05) is 13.8 Å². The SMILES string of the molecule is Cc1cc(OC2CC(C)CC(C)C2)c(C(C)N)cc1F. The number of rotatable bonds is 3. The fourth-order valence-electron chi connectivity index (χ4n) is 3.28. The van der Waals surface area contributed by atoms with Crippen LogP contribution in [-0.4, -0.2) is 6.10 Å². The van der Waals surface area contributed by atoms with Gasteiger partial charge >= 0.3 is 0 Å². The van der Waals surface area contributed by atoms with E-state index in [1.54, 1.807) is 13.0 Å². The van der Waals surface area contributed by atoms with Crippen molar-refractivity contribution in [3.05, 3.63) is 29.1 Å². The lowest BCUT2D eigenvalue weighted by atomic mass is 9.82. The van der Waals surface area contributed by atoms with Crippen molar-refractivity contribution in [2.45, 2.75) is 59.1 Å². The molecule has 0 aliphatic heterocycles. The summed E-state index contributed by atoms with van der Waals surface area (Å²) in [6.45, 7) is 8.17. The van der Waals surface area contributed by atoms with Crippen LogP contribution in [0.1, 0.15) is 57.2 Å². The van der Waals surface area contributed by atoms with Crippen LogP contribution < -0.4 is 10.5 Å². The Kier molecular flexibility index (Phi) is 4.69. The fourth-order valence-corrected chi connectivity index (χ4v) is 3.28. The van der Waals surface area contributed by atoms with E-state index in [1.807, 2.05) is 6.92 Å². The largest absolute Gasteiger partial charge is 0.490 e. The van der Waals surface area contributed by atoms with Crippen molar-refractivity contribution in [3.8, 4) is 5.75 Å². The lowest BCUT2D eigenvalue weighted by Gasteiger charge is -2.32. The molecule has 1 aromatic carbocycles. The maximum atomic E-state index is 13.7. The smallest absolute Gasteiger partial charge is 0.126 e. The molecule has 20 heavy (non-hydrogen) atoms. The van der Waals surface area contributed by atoms with Crippen molar-refractivity contribution in [2.24, 2.45) is 17.6 Å². The van der Waals surface area contributed by atoms with E-state index < -0.39 is 0 Å². The van der Waals surface area contributed by atoms with E-state index >= 15 is 0 Å². The number of ether oxygens (including phenoxy) is 1. The number of hydrogen-bond donors (Lipinski definition) is 1. The topological polar surface area (TPSA) is 35.2 Å². The average molecular weight is 279 g/mol. The molecule has 1 fully saturated rings. The summed E-state index contributed by atoms with van der Waals surface area (Å²) in [5.74, 6) is 1.91. The Morgan fingerprint density at radius 2 is 1.80 bits per heavy atom. The molecule has 0 bridgehead atoms. The molecule has 0 spiro atoms. The summed E-state index contributed by atoms with van der Waals surface area (Å²) in [6, 6.07) is 3.08. The first-order valence-electron chi connectivity index (χ1n) is 7.59. The van der Waals surface area contributed by atoms with E-state index in [0.717, 1.165) is 24.2 Å². The van der Waals surface area contributed by atoms with Crippen LogP contribution in [0.5, 0.6) is 5.75 Å². The maximum absolute atomic E-state index is 13.7. The Hall–Kier alpha value is -1.09. The van der Waals surface area contributed by atoms with Crippen molar-refractivity contribution in [1.82, 2.24) is 0 Å². The molecule has 2 N–H and O–H groups in total. The Morgan fingerprint density at radius 1 is 1.20 bits per heavy atom. The Labute approximate surface area is 121 Å². The summed E-state index contributed by atoms with van der Waals surface area (Å²) in [5.41, 5.74) is 7.32. The van der Waals surface area contributed by atoms with Crippen molar-refractivity contribution in [1.29, 1.82) is 0 Å². The Balaban J connectivity index is 2.21. The highest BCUT2D eigenvalue weighted by atomic mass is 19.1. The van der Waals surface area contributed by atoms with Crippen LogP contribution in [-0.2, 0) is 0 Å². The molecule has 0 saturated heterocycles. The highest BCUT2D eigenvalue weighted by Gasteiger charge is 2.26. The Morgan fingerprint density at radius 3 is 2.35 bits per heavy atom. The van der Waals surface area contributed by atoms with Crippen molar-refractivity contribution in [2.75, 3.05) is 0 Å². The van der Waals surface area contributed by atoms with Gasteiger partial charge in [-0.15, -0.1) is 0 Å². The quantitative estimate of drug-likeness (QED) is 0.892. The van der Waals surface area contributed by atoms with Crippen molar-refractivity contribution >= 4 is 0 Å². The first-order chi connectivity index (χ1) is 9.36. The standard InChI is InChI=1S/C17H26FNO/c1-10-5-11(2)7-14(6-10)20-17-8-12(3)16(18)9-15(17)13(4)19/h8-11,13-14H,5-7,19H2,1-4H3. The minimum absolute atomic E-state index is 0.213. The normalized spacial score (nSPS) is 28.2. The molecule has 112 valence electrons. The van der Waals surface area contributed by atoms with E-state index in [0.29, 0.717) is 17.4 Å². The van der Waals surface area contributed by atoms with Gasteiger partial charge < -0.3 is 10.5 Å². The predicted molar refractivity (Wildman–Crippen MR) is 80.3 cm³/mol. The molecule has 1 aromatic rings. The van der Waals surface area contributed by atoms with Crippen LogP contribution in [0.2, 0.25) is 0 Å². The third kappa shape index (κ3) is 3.51. The fraction of sp³-hybridized carbons (Fsp3) is 0.647. The third-order valence-electron chi connectivity index (χ3n) is 4.21. The minimum atomic E-state index is -0.224. The molecule has 2 rings (SSSR count). The average Bonchev–Trinajstić information content (AvgIpc) is 2.31. The monoisotopic (exact) mass is 279 g/mol. The zero-order chi connectivity index (χ0) is 14.9. The van der Waals surface area contributed by atoms with E-state index in [1.165, 1.54) is 12.5 Å². The lowest BCUT2D eigenvalue weighted by Crippen LogP contribution is -2.29. The molecule has 1 aliphatic carbocycles. The van der Waals surface area contributed by atoms with E-state index in [2.05, 4.69) is 13.8 Å². The van der Waals surface area contributed by atoms with Crippen molar-refractivity contribution in [3.63, 3.8) is 0 Å². The van der Waals surface area contributed by atoms with Gasteiger partial charge in [-0.3, -0.25) is 0 Å². The van der Waals surface area contributed by atoms with Crippen LogP contribution in [0.25, 0.3) is 0 Å². The number of nitrogens with two attached hydrogens (primary N) is 1. The highest BCUT2D eigenvalue weighted by molar-refractivity contribution is 5.40. The molecule has 1 aliphatic rings. The Bertz CT molecular complexity index is 462. The molecular formula is C17H26FNO. The zero-order valence-corrected chi connectivity index (χ0v) is 12.9. The predicted octanol–water partition coefficient (Wildman–Crippen LogP) is 4.36. The summed E-state index contributed by atoms with van der Waals surface area (Å²) in [7, 11) is 0. The summed E-state index contributed by atoms with van der Waals surface area (Å²) in [5, 5.41) is 0. The number of aryl methyl sites for hydroxylation is 1. The van der Waals surface area contributed by atoms with Gasteiger partial charge in [0.15, 0.2) is 0 Å². The molecule has 3 heteroatoms. The van der Waals surface area contributed by atoms with Gasteiger partial charge in [0.25, 0.3) is 0 Å². The molecule has 3 atom stereocenters. The molecule has 2 nitrogen and oxygen atoms in total. The van der Waals surface area contributed by atoms with Crippen LogP contribution in [0.15, 0.2) is 12.1 Å². The van der Waals surface area contributed by atoms with Gasteiger partial charge in [0, 0.05) is 11.6 Å². The highest BCUT2D eigenvalue weighted by Crippen LogP contribution is 2.34. The molecule has 0 radical (unpaired) electrons. The van der Waals surface area contributed by atoms with Gasteiger partial charge in [-0.2, -0.15) is 0 Å². The van der Waals surface area contributed by atoms with Crippen molar-refractivity contribution < 1.29 is 9.13 Å². The molecule has 3 unspecified atom stereocenters. The second-order valence-corrected chi connectivity index (χ2v) is 6.59. The summed E-state index contributed by atoms with van der Waals surface area (Å²) in [4.78, 5) is 0. The van der Waals surface area contributed by atoms with Crippen LogP contribution in [0, 0.1) is 24.6 Å². The van der Waals surface area contributed by atoms with E-state index in [4.69, 9.17) is 10.5 Å². The van der Waals surface area contributed by atoms with E-state index in [-0.39, 0.29) is 18.0 Å².